The lowest BCUT2D eigenvalue weighted by Crippen LogP contribution is -2.01. The standard InChI is InChI=1S/C15H13NO4S2/c17-16(18)12-6-7-13-14(10-22(19,20)15(13)8-12)21-9-11-4-2-1-3-5-11/h1-8,14H,9-10H2/t14-/m0/s1. The molecule has 114 valence electrons. The quantitative estimate of drug-likeness (QED) is 0.632. The molecule has 3 rings (SSSR count). The van der Waals surface area contributed by atoms with Crippen molar-refractivity contribution in [2.45, 2.75) is 15.9 Å². The molecule has 0 bridgehead atoms. The van der Waals surface area contributed by atoms with Gasteiger partial charge >= 0.3 is 0 Å². The van der Waals surface area contributed by atoms with Gasteiger partial charge < -0.3 is 0 Å². The molecule has 1 atom stereocenters. The normalized spacial score (nSPS) is 18.8. The van der Waals surface area contributed by atoms with Gasteiger partial charge in [-0.05, 0) is 17.2 Å². The molecular formula is C15H13NO4S2. The van der Waals surface area contributed by atoms with Crippen LogP contribution < -0.4 is 0 Å². The second-order valence-corrected chi connectivity index (χ2v) is 8.24. The number of non-ortho nitro benzene ring substituents is 1. The molecule has 1 aliphatic rings. The number of nitro groups is 1. The van der Waals surface area contributed by atoms with Crippen LogP contribution in [0.3, 0.4) is 0 Å². The highest BCUT2D eigenvalue weighted by Gasteiger charge is 2.36. The SMILES string of the molecule is O=[N+]([O-])c1ccc2c(c1)S(=O)(=O)C[C@@H]2SCc1ccccc1. The van der Waals surface area contributed by atoms with Gasteiger partial charge in [0.15, 0.2) is 9.84 Å². The molecule has 0 aromatic heterocycles. The number of fused-ring (bicyclic) bond motifs is 1. The Morgan fingerprint density at radius 2 is 1.91 bits per heavy atom. The summed E-state index contributed by atoms with van der Waals surface area (Å²) < 4.78 is 24.4. The molecule has 0 unspecified atom stereocenters. The molecule has 0 saturated heterocycles. The first-order valence-corrected chi connectivity index (χ1v) is 9.34. The lowest BCUT2D eigenvalue weighted by Gasteiger charge is -2.09. The molecule has 7 heteroatoms. The van der Waals surface area contributed by atoms with E-state index >= 15 is 0 Å². The molecule has 0 aliphatic carbocycles. The summed E-state index contributed by atoms with van der Waals surface area (Å²) in [4.78, 5) is 10.3. The summed E-state index contributed by atoms with van der Waals surface area (Å²) in [6.07, 6.45) is 0. The summed E-state index contributed by atoms with van der Waals surface area (Å²) in [5, 5.41) is 10.6. The largest absolute Gasteiger partial charge is 0.270 e. The Hall–Kier alpha value is -1.86. The second kappa shape index (κ2) is 5.73. The summed E-state index contributed by atoms with van der Waals surface area (Å²) in [7, 11) is -3.44. The molecule has 0 saturated carbocycles. The lowest BCUT2D eigenvalue weighted by atomic mass is 10.1. The molecule has 22 heavy (non-hydrogen) atoms. The number of nitrogens with zero attached hydrogens (tertiary/aromatic N) is 1. The van der Waals surface area contributed by atoms with E-state index in [2.05, 4.69) is 0 Å². The zero-order chi connectivity index (χ0) is 15.7. The smallest absolute Gasteiger partial charge is 0.258 e. The van der Waals surface area contributed by atoms with Crippen molar-refractivity contribution in [3.63, 3.8) is 0 Å². The predicted octanol–water partition coefficient (Wildman–Crippen LogP) is 3.36. The van der Waals surface area contributed by atoms with E-state index in [1.807, 2.05) is 30.3 Å². The minimum atomic E-state index is -3.44. The van der Waals surface area contributed by atoms with Crippen LogP contribution in [0.5, 0.6) is 0 Å². The average molecular weight is 335 g/mol. The van der Waals surface area contributed by atoms with Crippen molar-refractivity contribution < 1.29 is 13.3 Å². The summed E-state index contributed by atoms with van der Waals surface area (Å²) in [6, 6.07) is 13.9. The van der Waals surface area contributed by atoms with Crippen LogP contribution in [0, 0.1) is 10.1 Å². The first-order valence-electron chi connectivity index (χ1n) is 6.64. The lowest BCUT2D eigenvalue weighted by molar-refractivity contribution is -0.385. The van der Waals surface area contributed by atoms with Crippen LogP contribution in [-0.2, 0) is 15.6 Å². The van der Waals surface area contributed by atoms with Crippen LogP contribution >= 0.6 is 11.8 Å². The van der Waals surface area contributed by atoms with Crippen molar-refractivity contribution in [2.75, 3.05) is 5.75 Å². The molecule has 0 radical (unpaired) electrons. The van der Waals surface area contributed by atoms with E-state index in [4.69, 9.17) is 0 Å². The third-order valence-corrected chi connectivity index (χ3v) is 6.88. The first-order chi connectivity index (χ1) is 10.5. The van der Waals surface area contributed by atoms with Crippen molar-refractivity contribution in [3.8, 4) is 0 Å². The first kappa shape index (κ1) is 15.1. The van der Waals surface area contributed by atoms with E-state index in [0.29, 0.717) is 11.3 Å². The summed E-state index contributed by atoms with van der Waals surface area (Å²) in [5.74, 6) is 0.707. The fourth-order valence-corrected chi connectivity index (χ4v) is 6.06. The highest BCUT2D eigenvalue weighted by molar-refractivity contribution is 8.00. The van der Waals surface area contributed by atoms with E-state index in [0.717, 1.165) is 5.56 Å². The van der Waals surface area contributed by atoms with E-state index in [1.54, 1.807) is 17.8 Å². The maximum Gasteiger partial charge on any atom is 0.270 e. The van der Waals surface area contributed by atoms with E-state index < -0.39 is 14.8 Å². The molecule has 0 amide bonds. The Bertz CT molecular complexity index is 819. The molecule has 2 aromatic carbocycles. The van der Waals surface area contributed by atoms with Crippen LogP contribution in [0.4, 0.5) is 5.69 Å². The highest BCUT2D eigenvalue weighted by Crippen LogP contribution is 2.44. The number of thioether (sulfide) groups is 1. The van der Waals surface area contributed by atoms with Gasteiger partial charge in [0.2, 0.25) is 0 Å². The Morgan fingerprint density at radius 1 is 1.18 bits per heavy atom. The Morgan fingerprint density at radius 3 is 2.59 bits per heavy atom. The molecule has 0 N–H and O–H groups in total. The van der Waals surface area contributed by atoms with Gasteiger partial charge in [-0.1, -0.05) is 30.3 Å². The van der Waals surface area contributed by atoms with Crippen molar-refractivity contribution in [2.24, 2.45) is 0 Å². The zero-order valence-electron chi connectivity index (χ0n) is 11.5. The number of rotatable bonds is 4. The molecule has 1 heterocycles. The predicted molar refractivity (Wildman–Crippen MR) is 85.6 cm³/mol. The second-order valence-electron chi connectivity index (χ2n) is 5.05. The van der Waals surface area contributed by atoms with Crippen molar-refractivity contribution in [1.82, 2.24) is 0 Å². The third kappa shape index (κ3) is 2.86. The number of hydrogen-bond donors (Lipinski definition) is 0. The fourth-order valence-electron chi connectivity index (χ4n) is 2.46. The molecule has 2 aromatic rings. The fraction of sp³-hybridized carbons (Fsp3) is 0.200. The average Bonchev–Trinajstić information content (AvgIpc) is 2.77. The molecule has 0 fully saturated rings. The molecule has 0 spiro atoms. The minimum absolute atomic E-state index is 0.000993. The maximum atomic E-state index is 12.2. The van der Waals surface area contributed by atoms with Crippen LogP contribution in [0.25, 0.3) is 0 Å². The Labute approximate surface area is 132 Å². The van der Waals surface area contributed by atoms with Crippen molar-refractivity contribution >= 4 is 27.3 Å². The summed E-state index contributed by atoms with van der Waals surface area (Å²) in [5.41, 5.74) is 1.61. The van der Waals surface area contributed by atoms with Crippen LogP contribution in [0.1, 0.15) is 16.4 Å². The minimum Gasteiger partial charge on any atom is -0.258 e. The maximum absolute atomic E-state index is 12.2. The molecule has 5 nitrogen and oxygen atoms in total. The number of sulfone groups is 1. The number of hydrogen-bond acceptors (Lipinski definition) is 5. The number of benzene rings is 2. The summed E-state index contributed by atoms with van der Waals surface area (Å²) in [6.45, 7) is 0. The Kier molecular flexibility index (Phi) is 3.92. The summed E-state index contributed by atoms with van der Waals surface area (Å²) >= 11 is 1.55. The monoisotopic (exact) mass is 335 g/mol. The number of nitro benzene ring substituents is 1. The van der Waals surface area contributed by atoms with Crippen molar-refractivity contribution in [1.29, 1.82) is 0 Å². The molecule has 1 aliphatic heterocycles. The van der Waals surface area contributed by atoms with Gasteiger partial charge in [-0.15, -0.1) is 11.8 Å². The van der Waals surface area contributed by atoms with Gasteiger partial charge in [0.05, 0.1) is 15.6 Å². The van der Waals surface area contributed by atoms with Crippen molar-refractivity contribution in [3.05, 3.63) is 69.8 Å². The third-order valence-electron chi connectivity index (χ3n) is 3.55. The van der Waals surface area contributed by atoms with Gasteiger partial charge in [0, 0.05) is 23.1 Å². The van der Waals surface area contributed by atoms with Gasteiger partial charge in [-0.3, -0.25) is 10.1 Å². The van der Waals surface area contributed by atoms with Gasteiger partial charge in [-0.25, -0.2) is 8.42 Å². The topological polar surface area (TPSA) is 77.3 Å². The van der Waals surface area contributed by atoms with Gasteiger partial charge in [0.25, 0.3) is 5.69 Å². The van der Waals surface area contributed by atoms with Crippen LogP contribution in [0.15, 0.2) is 53.4 Å². The Balaban J connectivity index is 1.87. The molecular weight excluding hydrogens is 322 g/mol. The van der Waals surface area contributed by atoms with E-state index in [-0.39, 0.29) is 21.6 Å². The van der Waals surface area contributed by atoms with E-state index in [9.17, 15) is 18.5 Å². The van der Waals surface area contributed by atoms with Crippen LogP contribution in [-0.4, -0.2) is 19.1 Å². The van der Waals surface area contributed by atoms with Gasteiger partial charge in [0.1, 0.15) is 0 Å². The highest BCUT2D eigenvalue weighted by atomic mass is 32.2. The van der Waals surface area contributed by atoms with E-state index in [1.165, 1.54) is 12.1 Å². The van der Waals surface area contributed by atoms with Crippen LogP contribution in [0.2, 0.25) is 0 Å². The zero-order valence-corrected chi connectivity index (χ0v) is 13.1. The van der Waals surface area contributed by atoms with Gasteiger partial charge in [-0.2, -0.15) is 0 Å².